The Hall–Kier alpha value is -6.64. The fourth-order valence-electron chi connectivity index (χ4n) is 7.52. The zero-order valence-electron chi connectivity index (χ0n) is 28.7. The van der Waals surface area contributed by atoms with Crippen LogP contribution in [0.1, 0.15) is 44.4 Å². The molecule has 7 rings (SSSR count). The number of carboxylic acids is 1. The number of pyridine rings is 1. The predicted octanol–water partition coefficient (Wildman–Crippen LogP) is 1.67. The van der Waals surface area contributed by atoms with Crippen LogP contribution in [0.3, 0.4) is 0 Å². The highest BCUT2D eigenvalue weighted by Gasteiger charge is 2.38. The molecule has 1 aromatic heterocycles. The Balaban J connectivity index is 1.57. The maximum atomic E-state index is 14.5. The summed E-state index contributed by atoms with van der Waals surface area (Å²) in [6.45, 7) is 5.34. The van der Waals surface area contributed by atoms with Crippen molar-refractivity contribution in [3.63, 3.8) is 0 Å². The maximum Gasteiger partial charge on any atom is 0.328 e. The van der Waals surface area contributed by atoms with Gasteiger partial charge in [-0.1, -0.05) is 19.9 Å². The second-order valence-corrected chi connectivity index (χ2v) is 13.5. The van der Waals surface area contributed by atoms with Gasteiger partial charge < -0.3 is 35.2 Å². The van der Waals surface area contributed by atoms with Crippen LogP contribution in [-0.4, -0.2) is 66.3 Å². The van der Waals surface area contributed by atoms with Crippen molar-refractivity contribution in [3.8, 4) is 17.2 Å². The minimum Gasteiger partial charge on any atom is -0.506 e. The summed E-state index contributed by atoms with van der Waals surface area (Å²) in [5.74, 6) is -5.76. The van der Waals surface area contributed by atoms with E-state index in [4.69, 9.17) is 0 Å². The average Bonchev–Trinajstić information content (AvgIpc) is 3.12. The molecule has 0 spiro atoms. The summed E-state index contributed by atoms with van der Waals surface area (Å²) < 4.78 is 0.994. The lowest BCUT2D eigenvalue weighted by Gasteiger charge is -2.36. The Morgan fingerprint density at radius 1 is 0.792 bits per heavy atom. The Labute approximate surface area is 296 Å². The van der Waals surface area contributed by atoms with Gasteiger partial charge in [-0.2, -0.15) is 0 Å². The van der Waals surface area contributed by atoms with Crippen molar-refractivity contribution < 1.29 is 34.8 Å². The van der Waals surface area contributed by atoms with Crippen LogP contribution < -0.4 is 32.6 Å². The Morgan fingerprint density at radius 2 is 1.42 bits per heavy atom. The molecular formula is C38H31N3O12. The monoisotopic (exact) mass is 721 g/mol. The molecule has 0 saturated carbocycles. The number of aliphatic carboxylic acids is 1. The van der Waals surface area contributed by atoms with Crippen molar-refractivity contribution in [2.45, 2.75) is 58.7 Å². The number of phenols is 3. The standard InChI is InChI=1S/C38H31N3O12/c1-5-13(2)20-10-18-26(37(51)41(20)12-22(43)40-11-19(38(52)53)39-36(50)15(40)4)33(47)24-16(30(18)44)7-8-17-25(24)34(48)29-28(31(17)45)32(46)23-14(3)6-9-21(42)27(23)35(29)49/h6-10,13,15,19,46,48-49H,5,11-12H2,1-4H3,(H,39,50)(H,52,53). The van der Waals surface area contributed by atoms with E-state index in [0.29, 0.717) is 12.0 Å². The zero-order valence-corrected chi connectivity index (χ0v) is 28.7. The number of rotatable bonds is 5. The molecule has 0 bridgehead atoms. The number of carboxylic acid groups (broad SMARTS) is 1. The number of fused-ring (bicyclic) bond motifs is 6. The average molecular weight is 722 g/mol. The minimum absolute atomic E-state index is 0.109. The lowest BCUT2D eigenvalue weighted by Crippen LogP contribution is -2.63. The smallest absolute Gasteiger partial charge is 0.328 e. The lowest BCUT2D eigenvalue weighted by atomic mass is 9.90. The van der Waals surface area contributed by atoms with Crippen molar-refractivity contribution in [3.05, 3.63) is 92.8 Å². The molecule has 15 nitrogen and oxygen atoms in total. The fraction of sp³-hybridized carbons (Fsp3) is 0.263. The van der Waals surface area contributed by atoms with Crippen LogP contribution in [-0.2, 0) is 20.9 Å². The van der Waals surface area contributed by atoms with E-state index in [2.05, 4.69) is 5.32 Å². The van der Waals surface area contributed by atoms with E-state index in [1.807, 2.05) is 0 Å². The zero-order chi connectivity index (χ0) is 38.5. The molecule has 1 fully saturated rings. The summed E-state index contributed by atoms with van der Waals surface area (Å²) in [6, 6.07) is 3.72. The number of nitrogens with zero attached hydrogens (tertiary/aromatic N) is 2. The van der Waals surface area contributed by atoms with Crippen LogP contribution in [0.15, 0.2) is 54.3 Å². The van der Waals surface area contributed by atoms with Gasteiger partial charge in [0.1, 0.15) is 35.9 Å². The van der Waals surface area contributed by atoms with Crippen molar-refractivity contribution in [2.75, 3.05) is 6.54 Å². The minimum atomic E-state index is -1.40. The second kappa shape index (κ2) is 12.0. The first kappa shape index (κ1) is 34.8. The van der Waals surface area contributed by atoms with Gasteiger partial charge in [0.25, 0.3) is 5.56 Å². The van der Waals surface area contributed by atoms with Crippen LogP contribution in [0.4, 0.5) is 0 Å². The van der Waals surface area contributed by atoms with Crippen molar-refractivity contribution in [2.24, 2.45) is 0 Å². The van der Waals surface area contributed by atoms with Crippen LogP contribution in [0.25, 0.3) is 53.9 Å². The van der Waals surface area contributed by atoms with Crippen molar-refractivity contribution >= 4 is 71.6 Å². The number of aromatic nitrogens is 1. The van der Waals surface area contributed by atoms with E-state index in [9.17, 15) is 58.8 Å². The van der Waals surface area contributed by atoms with E-state index in [1.165, 1.54) is 31.2 Å². The maximum absolute atomic E-state index is 14.5. The Morgan fingerprint density at radius 3 is 2.06 bits per heavy atom. The number of nitrogens with one attached hydrogen (secondary N) is 1. The third-order valence-corrected chi connectivity index (χ3v) is 10.6. The van der Waals surface area contributed by atoms with Gasteiger partial charge in [0.15, 0.2) is 16.3 Å². The van der Waals surface area contributed by atoms with Crippen molar-refractivity contribution in [1.82, 2.24) is 14.8 Å². The first-order chi connectivity index (χ1) is 25.0. The molecule has 6 aromatic rings. The highest BCUT2D eigenvalue weighted by Crippen LogP contribution is 2.46. The molecule has 5 N–H and O–H groups in total. The van der Waals surface area contributed by atoms with Gasteiger partial charge in [-0.25, -0.2) is 4.79 Å². The van der Waals surface area contributed by atoms with E-state index >= 15 is 0 Å². The number of phenolic OH excluding ortho intramolecular Hbond substituents is 3. The number of carbonyl (C=O) groups is 3. The summed E-state index contributed by atoms with van der Waals surface area (Å²) >= 11 is 0. The highest BCUT2D eigenvalue weighted by atomic mass is 16.4. The van der Waals surface area contributed by atoms with E-state index in [-0.39, 0.29) is 32.6 Å². The van der Waals surface area contributed by atoms with Crippen LogP contribution in [0.2, 0.25) is 0 Å². The van der Waals surface area contributed by atoms with E-state index < -0.39 is 120 Å². The van der Waals surface area contributed by atoms with E-state index in [1.54, 1.807) is 20.8 Å². The van der Waals surface area contributed by atoms with Crippen LogP contribution >= 0.6 is 0 Å². The van der Waals surface area contributed by atoms with Gasteiger partial charge in [0.2, 0.25) is 17.2 Å². The first-order valence-corrected chi connectivity index (χ1v) is 16.7. The summed E-state index contributed by atoms with van der Waals surface area (Å²) in [5, 5.41) is 41.9. The second-order valence-electron chi connectivity index (χ2n) is 13.5. The molecular weight excluding hydrogens is 690 g/mol. The summed E-state index contributed by atoms with van der Waals surface area (Å²) in [4.78, 5) is 109. The molecule has 1 saturated heterocycles. The molecule has 3 unspecified atom stereocenters. The molecule has 3 atom stereocenters. The molecule has 2 amide bonds. The molecule has 15 heteroatoms. The number of hydrogen-bond donors (Lipinski definition) is 5. The topological polar surface area (TPSA) is 238 Å². The molecule has 53 heavy (non-hydrogen) atoms. The van der Waals surface area contributed by atoms with E-state index in [0.717, 1.165) is 15.5 Å². The van der Waals surface area contributed by atoms with Gasteiger partial charge in [-0.15, -0.1) is 0 Å². The van der Waals surface area contributed by atoms with Gasteiger partial charge in [-0.05, 0) is 56.0 Å². The predicted molar refractivity (Wildman–Crippen MR) is 195 cm³/mol. The highest BCUT2D eigenvalue weighted by molar-refractivity contribution is 6.23. The number of benzene rings is 5. The molecule has 270 valence electrons. The molecule has 0 aliphatic carbocycles. The Kier molecular flexibility index (Phi) is 7.86. The summed E-state index contributed by atoms with van der Waals surface area (Å²) in [7, 11) is 0. The first-order valence-electron chi connectivity index (χ1n) is 16.7. The normalized spacial score (nSPS) is 16.9. The third kappa shape index (κ3) is 4.80. The SMILES string of the molecule is CCC(C)c1cc2c(=O)c3ccc4c(=O)c5c(O)c6c(C)ccc(=O)c6c(O)c5c(O)c4c3c(=O)c2c(=O)n1CC(=O)N1CC(C(=O)O)NC(=O)C1C. The molecule has 2 heterocycles. The molecule has 5 aromatic carbocycles. The number of aromatic hydroxyl groups is 3. The lowest BCUT2D eigenvalue weighted by molar-refractivity contribution is -0.151. The Bertz CT molecular complexity index is 2980. The van der Waals surface area contributed by atoms with Gasteiger partial charge in [0.05, 0.1) is 28.1 Å². The molecule has 0 radical (unpaired) electrons. The van der Waals surface area contributed by atoms with Crippen LogP contribution in [0, 0.1) is 6.92 Å². The van der Waals surface area contributed by atoms with Gasteiger partial charge in [-0.3, -0.25) is 33.6 Å². The van der Waals surface area contributed by atoms with Gasteiger partial charge in [0, 0.05) is 38.0 Å². The fourth-order valence-corrected chi connectivity index (χ4v) is 7.52. The van der Waals surface area contributed by atoms with Gasteiger partial charge >= 0.3 is 5.97 Å². The number of hydrogen-bond acceptors (Lipinski definition) is 11. The number of amides is 2. The largest absolute Gasteiger partial charge is 0.506 e. The van der Waals surface area contributed by atoms with Crippen molar-refractivity contribution in [1.29, 1.82) is 0 Å². The number of aryl methyl sites for hydroxylation is 1. The summed E-state index contributed by atoms with van der Waals surface area (Å²) in [5.41, 5.74) is -4.06. The summed E-state index contributed by atoms with van der Waals surface area (Å²) in [6.07, 6.45) is 0.433. The number of piperazine rings is 1. The molecule has 1 aliphatic rings. The number of carbonyl (C=O) groups excluding carboxylic acids is 2. The molecule has 1 aliphatic heterocycles. The van der Waals surface area contributed by atoms with Crippen LogP contribution in [0.5, 0.6) is 17.2 Å². The quantitative estimate of drug-likeness (QED) is 0.0971. The third-order valence-electron chi connectivity index (χ3n) is 10.6.